The van der Waals surface area contributed by atoms with Gasteiger partial charge in [0.25, 0.3) is 0 Å². The fourth-order valence-electron chi connectivity index (χ4n) is 1.87. The van der Waals surface area contributed by atoms with Crippen LogP contribution in [0.15, 0.2) is 35.7 Å². The van der Waals surface area contributed by atoms with Gasteiger partial charge in [-0.15, -0.1) is 11.3 Å². The summed E-state index contributed by atoms with van der Waals surface area (Å²) < 4.78 is 0. The van der Waals surface area contributed by atoms with Gasteiger partial charge in [-0.2, -0.15) is 0 Å². The van der Waals surface area contributed by atoms with Gasteiger partial charge in [0.05, 0.1) is 17.2 Å². The van der Waals surface area contributed by atoms with E-state index in [9.17, 15) is 4.79 Å². The first-order valence-corrected chi connectivity index (χ1v) is 7.57. The van der Waals surface area contributed by atoms with Gasteiger partial charge in [0.1, 0.15) is 0 Å². The lowest BCUT2D eigenvalue weighted by atomic mass is 10.0. The van der Waals surface area contributed by atoms with Gasteiger partial charge in [0, 0.05) is 17.8 Å². The van der Waals surface area contributed by atoms with Gasteiger partial charge >= 0.3 is 0 Å². The molecule has 20 heavy (non-hydrogen) atoms. The van der Waals surface area contributed by atoms with Gasteiger partial charge < -0.3 is 11.1 Å². The molecule has 0 saturated carbocycles. The number of rotatable bonds is 6. The maximum atomic E-state index is 11.9. The van der Waals surface area contributed by atoms with Crippen molar-refractivity contribution in [2.24, 2.45) is 5.73 Å². The Balaban J connectivity index is 1.80. The number of benzene rings is 1. The molecule has 0 spiro atoms. The molecule has 0 aliphatic carbocycles. The third-order valence-corrected chi connectivity index (χ3v) is 4.04. The highest BCUT2D eigenvalue weighted by Gasteiger charge is 2.11. The Morgan fingerprint density at radius 3 is 2.80 bits per heavy atom. The Morgan fingerprint density at radius 2 is 2.15 bits per heavy atom. The van der Waals surface area contributed by atoms with Gasteiger partial charge in [-0.3, -0.25) is 4.79 Å². The molecular formula is C15H19N3OS. The Hall–Kier alpha value is -1.72. The normalized spacial score (nSPS) is 12.1. The summed E-state index contributed by atoms with van der Waals surface area (Å²) in [6.07, 6.45) is 1.21. The number of amides is 1. The Morgan fingerprint density at radius 1 is 1.40 bits per heavy atom. The summed E-state index contributed by atoms with van der Waals surface area (Å²) >= 11 is 1.62. The number of nitrogens with two attached hydrogens (primary N) is 1. The summed E-state index contributed by atoms with van der Waals surface area (Å²) in [5.41, 5.74) is 7.90. The molecule has 0 radical (unpaired) electrons. The number of nitrogens with zero attached hydrogens (tertiary/aromatic N) is 1. The molecule has 0 fully saturated rings. The second kappa shape index (κ2) is 7.17. The van der Waals surface area contributed by atoms with Gasteiger partial charge in [0.2, 0.25) is 5.91 Å². The van der Waals surface area contributed by atoms with E-state index in [0.717, 1.165) is 22.7 Å². The lowest BCUT2D eigenvalue weighted by Crippen LogP contribution is -2.27. The summed E-state index contributed by atoms with van der Waals surface area (Å²) in [7, 11) is 0. The number of hydrogen-bond donors (Lipinski definition) is 2. The molecule has 106 valence electrons. The molecule has 0 saturated heterocycles. The Kier molecular flexibility index (Phi) is 5.26. The van der Waals surface area contributed by atoms with Crippen LogP contribution in [0.5, 0.6) is 0 Å². The fourth-order valence-corrected chi connectivity index (χ4v) is 2.62. The third kappa shape index (κ3) is 4.15. The minimum Gasteiger partial charge on any atom is -0.350 e. The predicted molar refractivity (Wildman–Crippen MR) is 81.3 cm³/mol. The van der Waals surface area contributed by atoms with Crippen molar-refractivity contribution < 1.29 is 4.79 Å². The average Bonchev–Trinajstić information content (AvgIpc) is 2.94. The minimum atomic E-state index is -0.266. The highest BCUT2D eigenvalue weighted by atomic mass is 32.1. The second-order valence-electron chi connectivity index (χ2n) is 4.58. The van der Waals surface area contributed by atoms with Crippen molar-refractivity contribution in [1.82, 2.24) is 10.3 Å². The van der Waals surface area contributed by atoms with Crippen molar-refractivity contribution in [2.45, 2.75) is 32.4 Å². The molecule has 2 aromatic rings. The van der Waals surface area contributed by atoms with E-state index in [1.165, 1.54) is 0 Å². The van der Waals surface area contributed by atoms with E-state index < -0.39 is 0 Å². The van der Waals surface area contributed by atoms with E-state index in [4.69, 9.17) is 5.73 Å². The molecule has 4 nitrogen and oxygen atoms in total. The predicted octanol–water partition coefficient (Wildman–Crippen LogP) is 2.41. The van der Waals surface area contributed by atoms with Crippen LogP contribution in [0.3, 0.4) is 0 Å². The van der Waals surface area contributed by atoms with Crippen LogP contribution in [-0.4, -0.2) is 10.9 Å². The highest BCUT2D eigenvalue weighted by Crippen LogP contribution is 2.13. The molecule has 0 bridgehead atoms. The van der Waals surface area contributed by atoms with Crippen LogP contribution in [0.1, 0.15) is 35.7 Å². The quantitative estimate of drug-likeness (QED) is 0.858. The topological polar surface area (TPSA) is 68.0 Å². The number of carbonyl (C=O) groups is 1. The van der Waals surface area contributed by atoms with Crippen molar-refractivity contribution in [3.05, 3.63) is 52.0 Å². The summed E-state index contributed by atoms with van der Waals surface area (Å²) in [5, 5.41) is 5.94. The fraction of sp³-hybridized carbons (Fsp3) is 0.333. The van der Waals surface area contributed by atoms with Crippen molar-refractivity contribution in [3.8, 4) is 0 Å². The molecule has 5 heteroatoms. The van der Waals surface area contributed by atoms with Crippen LogP contribution < -0.4 is 11.1 Å². The highest BCUT2D eigenvalue weighted by molar-refractivity contribution is 7.09. The molecule has 0 aliphatic rings. The first-order valence-electron chi connectivity index (χ1n) is 6.69. The number of nitrogens with one attached hydrogen (secondary N) is 1. The monoisotopic (exact) mass is 289 g/mol. The maximum Gasteiger partial charge on any atom is 0.222 e. The number of aryl methyl sites for hydroxylation is 1. The van der Waals surface area contributed by atoms with E-state index in [1.807, 2.05) is 35.7 Å². The van der Waals surface area contributed by atoms with Gasteiger partial charge in [0.15, 0.2) is 0 Å². The van der Waals surface area contributed by atoms with Gasteiger partial charge in [-0.05, 0) is 12.0 Å². The summed E-state index contributed by atoms with van der Waals surface area (Å²) in [6.45, 7) is 2.54. The first-order chi connectivity index (χ1) is 9.69. The van der Waals surface area contributed by atoms with Crippen LogP contribution >= 0.6 is 11.3 Å². The third-order valence-electron chi connectivity index (χ3n) is 3.00. The molecule has 3 N–H and O–H groups in total. The molecule has 2 rings (SSSR count). The van der Waals surface area contributed by atoms with Crippen molar-refractivity contribution in [2.75, 3.05) is 0 Å². The zero-order valence-corrected chi connectivity index (χ0v) is 12.3. The summed E-state index contributed by atoms with van der Waals surface area (Å²) in [5.74, 6) is -0.0487. The summed E-state index contributed by atoms with van der Waals surface area (Å²) in [4.78, 5) is 16.3. The lowest BCUT2D eigenvalue weighted by molar-refractivity contribution is -0.121. The average molecular weight is 289 g/mol. The summed E-state index contributed by atoms with van der Waals surface area (Å²) in [6, 6.07) is 9.39. The molecule has 1 unspecified atom stereocenters. The van der Waals surface area contributed by atoms with Crippen molar-refractivity contribution in [1.29, 1.82) is 0 Å². The van der Waals surface area contributed by atoms with E-state index >= 15 is 0 Å². The van der Waals surface area contributed by atoms with Crippen LogP contribution in [-0.2, 0) is 17.8 Å². The van der Waals surface area contributed by atoms with Gasteiger partial charge in [-0.25, -0.2) is 4.98 Å². The Bertz CT molecular complexity index is 553. The number of carbonyl (C=O) groups excluding carboxylic acids is 1. The molecular weight excluding hydrogens is 270 g/mol. The lowest BCUT2D eigenvalue weighted by Gasteiger charge is -2.11. The van der Waals surface area contributed by atoms with E-state index in [1.54, 1.807) is 11.3 Å². The number of thiazole rings is 1. The van der Waals surface area contributed by atoms with Crippen LogP contribution in [0.4, 0.5) is 0 Å². The zero-order valence-electron chi connectivity index (χ0n) is 11.5. The smallest absolute Gasteiger partial charge is 0.222 e. The van der Waals surface area contributed by atoms with E-state index in [2.05, 4.69) is 17.2 Å². The van der Waals surface area contributed by atoms with Crippen LogP contribution in [0.25, 0.3) is 0 Å². The van der Waals surface area contributed by atoms with E-state index in [-0.39, 0.29) is 18.4 Å². The zero-order chi connectivity index (χ0) is 14.4. The second-order valence-corrected chi connectivity index (χ2v) is 5.53. The standard InChI is InChI=1S/C15H19N3OS/c1-2-15-18-12(10-20-15)9-17-14(19)8-13(16)11-6-4-3-5-7-11/h3-7,10,13H,2,8-9,16H2,1H3,(H,17,19). The van der Waals surface area contributed by atoms with E-state index in [0.29, 0.717) is 6.54 Å². The molecule has 1 heterocycles. The SMILES string of the molecule is CCc1nc(CNC(=O)CC(N)c2ccccc2)cs1. The maximum absolute atomic E-state index is 11.9. The molecule has 1 aromatic carbocycles. The molecule has 1 atom stereocenters. The molecule has 0 aliphatic heterocycles. The largest absolute Gasteiger partial charge is 0.350 e. The molecule has 1 amide bonds. The Labute approximate surface area is 123 Å². The molecule has 1 aromatic heterocycles. The van der Waals surface area contributed by atoms with Crippen molar-refractivity contribution in [3.63, 3.8) is 0 Å². The van der Waals surface area contributed by atoms with Crippen LogP contribution in [0, 0.1) is 0 Å². The van der Waals surface area contributed by atoms with Gasteiger partial charge in [-0.1, -0.05) is 37.3 Å². The van der Waals surface area contributed by atoms with Crippen LogP contribution in [0.2, 0.25) is 0 Å². The number of aromatic nitrogens is 1. The van der Waals surface area contributed by atoms with Crippen molar-refractivity contribution >= 4 is 17.2 Å². The minimum absolute atomic E-state index is 0.0487. The number of hydrogen-bond acceptors (Lipinski definition) is 4. The first kappa shape index (κ1) is 14.7.